The predicted molar refractivity (Wildman–Crippen MR) is 70.4 cm³/mol. The van der Waals surface area contributed by atoms with Crippen molar-refractivity contribution in [3.05, 3.63) is 53.6 Å². The Morgan fingerprint density at radius 1 is 1.00 bits per heavy atom. The monoisotopic (exact) mass is 224 g/mol. The first-order chi connectivity index (χ1) is 8.33. The van der Waals surface area contributed by atoms with Crippen molar-refractivity contribution >= 4 is 0 Å². The summed E-state index contributed by atoms with van der Waals surface area (Å²) in [4.78, 5) is 0. The largest absolute Gasteiger partial charge is 0.493 e. The molecule has 3 rings (SSSR count). The van der Waals surface area contributed by atoms with E-state index >= 15 is 0 Å². The summed E-state index contributed by atoms with van der Waals surface area (Å²) < 4.78 is 5.72. The zero-order valence-electron chi connectivity index (χ0n) is 10.1. The first-order valence-electron chi connectivity index (χ1n) is 6.16. The van der Waals surface area contributed by atoms with Crippen LogP contribution in [0.1, 0.15) is 17.5 Å². The van der Waals surface area contributed by atoms with Gasteiger partial charge in [-0.3, -0.25) is 0 Å². The Hall–Kier alpha value is -1.76. The Balaban J connectivity index is 2.04. The van der Waals surface area contributed by atoms with Gasteiger partial charge in [-0.1, -0.05) is 42.0 Å². The van der Waals surface area contributed by atoms with Crippen molar-refractivity contribution in [1.29, 1.82) is 0 Å². The molecule has 0 amide bonds. The molecule has 86 valence electrons. The van der Waals surface area contributed by atoms with E-state index in [2.05, 4.69) is 49.4 Å². The smallest absolute Gasteiger partial charge is 0.123 e. The van der Waals surface area contributed by atoms with Gasteiger partial charge in [0.15, 0.2) is 0 Å². The van der Waals surface area contributed by atoms with Gasteiger partial charge < -0.3 is 4.74 Å². The summed E-state index contributed by atoms with van der Waals surface area (Å²) >= 11 is 0. The van der Waals surface area contributed by atoms with E-state index in [1.807, 2.05) is 0 Å². The van der Waals surface area contributed by atoms with E-state index < -0.39 is 0 Å². The molecule has 0 radical (unpaired) electrons. The average Bonchev–Trinajstić information content (AvgIpc) is 2.38. The molecule has 2 aromatic rings. The van der Waals surface area contributed by atoms with Crippen molar-refractivity contribution in [2.24, 2.45) is 0 Å². The van der Waals surface area contributed by atoms with Crippen molar-refractivity contribution in [2.75, 3.05) is 6.61 Å². The molecule has 0 fully saturated rings. The van der Waals surface area contributed by atoms with Gasteiger partial charge in [0.1, 0.15) is 5.75 Å². The maximum absolute atomic E-state index is 5.72. The van der Waals surface area contributed by atoms with E-state index in [-0.39, 0.29) is 0 Å². The second kappa shape index (κ2) is 4.25. The quantitative estimate of drug-likeness (QED) is 0.711. The highest BCUT2D eigenvalue weighted by atomic mass is 16.5. The van der Waals surface area contributed by atoms with E-state index in [9.17, 15) is 0 Å². The molecule has 0 spiro atoms. The van der Waals surface area contributed by atoms with Gasteiger partial charge in [-0.05, 0) is 42.5 Å². The number of benzene rings is 2. The molecule has 1 heterocycles. The molecular formula is C16H16O. The maximum atomic E-state index is 5.72. The van der Waals surface area contributed by atoms with Gasteiger partial charge in [0.2, 0.25) is 0 Å². The highest BCUT2D eigenvalue weighted by Crippen LogP contribution is 2.30. The first kappa shape index (κ1) is 10.4. The van der Waals surface area contributed by atoms with Crippen LogP contribution in [0.2, 0.25) is 0 Å². The molecule has 1 nitrogen and oxygen atoms in total. The zero-order valence-corrected chi connectivity index (χ0v) is 10.1. The van der Waals surface area contributed by atoms with E-state index in [1.54, 1.807) is 0 Å². The van der Waals surface area contributed by atoms with Crippen molar-refractivity contribution in [2.45, 2.75) is 19.8 Å². The van der Waals surface area contributed by atoms with Crippen molar-refractivity contribution in [3.63, 3.8) is 0 Å². The van der Waals surface area contributed by atoms with Crippen molar-refractivity contribution in [3.8, 4) is 16.9 Å². The van der Waals surface area contributed by atoms with Crippen LogP contribution in [0.3, 0.4) is 0 Å². The normalized spacial score (nSPS) is 13.9. The average molecular weight is 224 g/mol. The van der Waals surface area contributed by atoms with Gasteiger partial charge in [0.05, 0.1) is 6.61 Å². The molecule has 0 aliphatic carbocycles. The van der Waals surface area contributed by atoms with E-state index in [0.29, 0.717) is 0 Å². The van der Waals surface area contributed by atoms with Crippen LogP contribution in [0.4, 0.5) is 0 Å². The third-order valence-electron chi connectivity index (χ3n) is 3.27. The van der Waals surface area contributed by atoms with Crippen LogP contribution < -0.4 is 4.74 Å². The lowest BCUT2D eigenvalue weighted by Crippen LogP contribution is -2.07. The fraction of sp³-hybridized carbons (Fsp3) is 0.250. The third-order valence-corrected chi connectivity index (χ3v) is 3.27. The molecule has 1 aliphatic heterocycles. The third kappa shape index (κ3) is 2.05. The lowest BCUT2D eigenvalue weighted by atomic mass is 9.99. The number of fused-ring (bicyclic) bond motifs is 1. The van der Waals surface area contributed by atoms with Gasteiger partial charge in [0, 0.05) is 0 Å². The maximum Gasteiger partial charge on any atom is 0.123 e. The SMILES string of the molecule is Cc1cccc(-c2ccc3c(c2)OCCC3)c1. The molecule has 0 saturated carbocycles. The molecule has 0 N–H and O–H groups in total. The van der Waals surface area contributed by atoms with E-state index in [4.69, 9.17) is 4.74 Å². The number of ether oxygens (including phenoxy) is 1. The first-order valence-corrected chi connectivity index (χ1v) is 6.16. The Morgan fingerprint density at radius 3 is 2.76 bits per heavy atom. The molecule has 0 saturated heterocycles. The molecular weight excluding hydrogens is 208 g/mol. The van der Waals surface area contributed by atoms with Crippen LogP contribution >= 0.6 is 0 Å². The van der Waals surface area contributed by atoms with Crippen LogP contribution in [-0.2, 0) is 6.42 Å². The summed E-state index contributed by atoms with van der Waals surface area (Å²) in [6.45, 7) is 2.97. The van der Waals surface area contributed by atoms with Gasteiger partial charge in [-0.2, -0.15) is 0 Å². The molecule has 2 aromatic carbocycles. The van der Waals surface area contributed by atoms with Crippen LogP contribution in [0, 0.1) is 6.92 Å². The van der Waals surface area contributed by atoms with Gasteiger partial charge in [-0.25, -0.2) is 0 Å². The Labute approximate surface area is 102 Å². The number of hydrogen-bond donors (Lipinski definition) is 0. The Bertz CT molecular complexity index is 543. The minimum atomic E-state index is 0.851. The predicted octanol–water partition coefficient (Wildman–Crippen LogP) is 3.99. The van der Waals surface area contributed by atoms with E-state index in [0.717, 1.165) is 25.2 Å². The molecule has 0 aromatic heterocycles. The molecule has 1 heteroatoms. The van der Waals surface area contributed by atoms with Crippen LogP contribution in [0.25, 0.3) is 11.1 Å². The summed E-state index contributed by atoms with van der Waals surface area (Å²) in [5.74, 6) is 1.07. The fourth-order valence-corrected chi connectivity index (χ4v) is 2.34. The number of hydrogen-bond acceptors (Lipinski definition) is 1. The van der Waals surface area contributed by atoms with Gasteiger partial charge >= 0.3 is 0 Å². The summed E-state index contributed by atoms with van der Waals surface area (Å²) in [7, 11) is 0. The second-order valence-corrected chi connectivity index (χ2v) is 4.64. The summed E-state index contributed by atoms with van der Waals surface area (Å²) in [5.41, 5.74) is 5.14. The Kier molecular flexibility index (Phi) is 2.60. The zero-order chi connectivity index (χ0) is 11.7. The van der Waals surface area contributed by atoms with Crippen molar-refractivity contribution in [1.82, 2.24) is 0 Å². The van der Waals surface area contributed by atoms with E-state index in [1.165, 1.54) is 22.3 Å². The minimum Gasteiger partial charge on any atom is -0.493 e. The lowest BCUT2D eigenvalue weighted by Gasteiger charge is -2.18. The second-order valence-electron chi connectivity index (χ2n) is 4.64. The van der Waals surface area contributed by atoms with Crippen LogP contribution in [0.15, 0.2) is 42.5 Å². The summed E-state index contributed by atoms with van der Waals surface area (Å²) in [5, 5.41) is 0. The lowest BCUT2D eigenvalue weighted by molar-refractivity contribution is 0.288. The molecule has 1 aliphatic rings. The van der Waals surface area contributed by atoms with Crippen LogP contribution in [0.5, 0.6) is 5.75 Å². The molecule has 0 unspecified atom stereocenters. The van der Waals surface area contributed by atoms with Crippen molar-refractivity contribution < 1.29 is 4.74 Å². The van der Waals surface area contributed by atoms with Crippen LogP contribution in [-0.4, -0.2) is 6.61 Å². The fourth-order valence-electron chi connectivity index (χ4n) is 2.34. The molecule has 17 heavy (non-hydrogen) atoms. The van der Waals surface area contributed by atoms with Gasteiger partial charge in [0.25, 0.3) is 0 Å². The van der Waals surface area contributed by atoms with Gasteiger partial charge in [-0.15, -0.1) is 0 Å². The topological polar surface area (TPSA) is 9.23 Å². The summed E-state index contributed by atoms with van der Waals surface area (Å²) in [6.07, 6.45) is 2.28. The highest BCUT2D eigenvalue weighted by Gasteiger charge is 2.11. The minimum absolute atomic E-state index is 0.851. The number of aryl methyl sites for hydroxylation is 2. The molecule has 0 bridgehead atoms. The standard InChI is InChI=1S/C16H16O/c1-12-4-2-5-14(10-12)15-8-7-13-6-3-9-17-16(13)11-15/h2,4-5,7-8,10-11H,3,6,9H2,1H3. The molecule has 0 atom stereocenters. The Morgan fingerprint density at radius 2 is 1.88 bits per heavy atom. The number of rotatable bonds is 1. The summed E-state index contributed by atoms with van der Waals surface area (Å²) in [6, 6.07) is 15.2. The highest BCUT2D eigenvalue weighted by molar-refractivity contribution is 5.66.